The highest BCUT2D eigenvalue weighted by molar-refractivity contribution is 6.07. The standard InChI is InChI=1S/C25H26N4O2/c1-2-13-28-22-11-7-6-10-20(22)21-15-26-29(25(31)24(21)28)17-23(30)27-14-12-19(16-27)18-8-4-3-5-9-18/h3-11,15,19H,2,12-14,16-17H2,1H3/t19-/m1/s1. The second kappa shape index (κ2) is 8.02. The Balaban J connectivity index is 1.44. The molecular weight excluding hydrogens is 388 g/mol. The monoisotopic (exact) mass is 414 g/mol. The van der Waals surface area contributed by atoms with Crippen LogP contribution < -0.4 is 5.56 Å². The number of hydrogen-bond acceptors (Lipinski definition) is 3. The molecule has 0 radical (unpaired) electrons. The summed E-state index contributed by atoms with van der Waals surface area (Å²) >= 11 is 0. The van der Waals surface area contributed by atoms with Gasteiger partial charge in [0.2, 0.25) is 5.91 Å². The molecule has 1 saturated heterocycles. The summed E-state index contributed by atoms with van der Waals surface area (Å²) in [7, 11) is 0. The Bertz CT molecular complexity index is 1310. The highest BCUT2D eigenvalue weighted by Gasteiger charge is 2.28. The van der Waals surface area contributed by atoms with E-state index in [0.717, 1.165) is 35.7 Å². The lowest BCUT2D eigenvalue weighted by Crippen LogP contribution is -2.36. The Morgan fingerprint density at radius 2 is 1.84 bits per heavy atom. The summed E-state index contributed by atoms with van der Waals surface area (Å²) < 4.78 is 3.39. The van der Waals surface area contributed by atoms with E-state index in [1.165, 1.54) is 10.2 Å². The molecule has 1 atom stereocenters. The van der Waals surface area contributed by atoms with Gasteiger partial charge in [0.05, 0.1) is 6.20 Å². The van der Waals surface area contributed by atoms with Crippen molar-refractivity contribution in [3.63, 3.8) is 0 Å². The topological polar surface area (TPSA) is 60.1 Å². The first kappa shape index (κ1) is 19.5. The molecule has 6 heteroatoms. The van der Waals surface area contributed by atoms with Crippen molar-refractivity contribution in [3.05, 3.63) is 76.7 Å². The summed E-state index contributed by atoms with van der Waals surface area (Å²) in [4.78, 5) is 28.2. The van der Waals surface area contributed by atoms with Crippen LogP contribution in [-0.2, 0) is 17.9 Å². The minimum Gasteiger partial charge on any atom is -0.340 e. The Labute approximate surface area is 180 Å². The van der Waals surface area contributed by atoms with Crippen molar-refractivity contribution in [2.24, 2.45) is 0 Å². The van der Waals surface area contributed by atoms with Crippen molar-refractivity contribution in [2.75, 3.05) is 13.1 Å². The number of likely N-dealkylation sites (tertiary alicyclic amines) is 1. The maximum absolute atomic E-state index is 13.3. The molecule has 1 aliphatic heterocycles. The van der Waals surface area contributed by atoms with E-state index in [9.17, 15) is 9.59 Å². The number of benzene rings is 2. The second-order valence-corrected chi connectivity index (χ2v) is 8.27. The second-order valence-electron chi connectivity index (χ2n) is 8.27. The first-order valence-corrected chi connectivity index (χ1v) is 11.0. The van der Waals surface area contributed by atoms with Gasteiger partial charge in [-0.2, -0.15) is 5.10 Å². The molecule has 1 fully saturated rings. The van der Waals surface area contributed by atoms with E-state index in [4.69, 9.17) is 0 Å². The number of nitrogens with zero attached hydrogens (tertiary/aromatic N) is 4. The highest BCUT2D eigenvalue weighted by Crippen LogP contribution is 2.28. The molecule has 5 rings (SSSR count). The lowest BCUT2D eigenvalue weighted by molar-refractivity contribution is -0.131. The van der Waals surface area contributed by atoms with E-state index in [-0.39, 0.29) is 18.0 Å². The number of rotatable bonds is 5. The van der Waals surface area contributed by atoms with Crippen LogP contribution in [0.15, 0.2) is 65.6 Å². The minimum absolute atomic E-state index is 0.0239. The SMILES string of the molecule is CCCn1c2ccccc2c2cnn(CC(=O)N3CC[C@@H](c4ccccc4)C3)c(=O)c21. The molecule has 0 bridgehead atoms. The third-order valence-electron chi connectivity index (χ3n) is 6.32. The molecule has 6 nitrogen and oxygen atoms in total. The maximum atomic E-state index is 13.3. The van der Waals surface area contributed by atoms with Gasteiger partial charge in [0.1, 0.15) is 12.1 Å². The Kier molecular flexibility index (Phi) is 5.06. The Morgan fingerprint density at radius 3 is 2.65 bits per heavy atom. The smallest absolute Gasteiger partial charge is 0.291 e. The van der Waals surface area contributed by atoms with Crippen LogP contribution in [0.2, 0.25) is 0 Å². The first-order chi connectivity index (χ1) is 15.2. The number of fused-ring (bicyclic) bond motifs is 3. The zero-order chi connectivity index (χ0) is 21.4. The molecule has 0 saturated carbocycles. The zero-order valence-electron chi connectivity index (χ0n) is 17.7. The van der Waals surface area contributed by atoms with E-state index >= 15 is 0 Å². The third kappa shape index (κ3) is 3.42. The molecular formula is C25H26N4O2. The van der Waals surface area contributed by atoms with Crippen molar-refractivity contribution in [1.82, 2.24) is 19.2 Å². The van der Waals surface area contributed by atoms with Gasteiger partial charge in [-0.1, -0.05) is 55.5 Å². The Hall–Kier alpha value is -3.41. The summed E-state index contributed by atoms with van der Waals surface area (Å²) in [6, 6.07) is 18.3. The van der Waals surface area contributed by atoms with E-state index in [0.29, 0.717) is 24.5 Å². The van der Waals surface area contributed by atoms with Gasteiger partial charge in [-0.25, -0.2) is 4.68 Å². The number of carbonyl (C=O) groups is 1. The Morgan fingerprint density at radius 1 is 1.06 bits per heavy atom. The quantitative estimate of drug-likeness (QED) is 0.499. The summed E-state index contributed by atoms with van der Waals surface area (Å²) in [5.41, 5.74) is 2.73. The van der Waals surface area contributed by atoms with Crippen LogP contribution in [0.1, 0.15) is 31.2 Å². The number of amides is 1. The van der Waals surface area contributed by atoms with E-state index < -0.39 is 0 Å². The predicted octanol–water partition coefficient (Wildman–Crippen LogP) is 3.78. The first-order valence-electron chi connectivity index (χ1n) is 11.0. The minimum atomic E-state index is -0.200. The number of aromatic nitrogens is 3. The number of para-hydroxylation sites is 1. The van der Waals surface area contributed by atoms with Crippen molar-refractivity contribution in [2.45, 2.75) is 38.8 Å². The van der Waals surface area contributed by atoms with Crippen molar-refractivity contribution >= 4 is 27.7 Å². The normalized spacial score (nSPS) is 16.4. The van der Waals surface area contributed by atoms with Gasteiger partial charge in [-0.15, -0.1) is 0 Å². The molecule has 1 amide bonds. The van der Waals surface area contributed by atoms with Gasteiger partial charge in [-0.3, -0.25) is 9.59 Å². The van der Waals surface area contributed by atoms with Crippen LogP contribution >= 0.6 is 0 Å². The molecule has 1 aliphatic rings. The number of aryl methyl sites for hydroxylation is 1. The summed E-state index contributed by atoms with van der Waals surface area (Å²) in [5.74, 6) is 0.301. The lowest BCUT2D eigenvalue weighted by Gasteiger charge is -2.17. The molecule has 0 unspecified atom stereocenters. The van der Waals surface area contributed by atoms with Gasteiger partial charge in [-0.05, 0) is 24.5 Å². The highest BCUT2D eigenvalue weighted by atomic mass is 16.2. The maximum Gasteiger partial charge on any atom is 0.291 e. The fourth-order valence-electron chi connectivity index (χ4n) is 4.77. The van der Waals surface area contributed by atoms with Crippen LogP contribution in [0.3, 0.4) is 0 Å². The van der Waals surface area contributed by atoms with Gasteiger partial charge >= 0.3 is 0 Å². The van der Waals surface area contributed by atoms with Gasteiger partial charge < -0.3 is 9.47 Å². The average molecular weight is 415 g/mol. The van der Waals surface area contributed by atoms with Crippen molar-refractivity contribution < 1.29 is 4.79 Å². The van der Waals surface area contributed by atoms with Gasteiger partial charge in [0, 0.05) is 41.8 Å². The fourth-order valence-corrected chi connectivity index (χ4v) is 4.77. The summed E-state index contributed by atoms with van der Waals surface area (Å²) in [6.07, 6.45) is 3.60. The van der Waals surface area contributed by atoms with Crippen LogP contribution in [0.25, 0.3) is 21.8 Å². The molecule has 158 valence electrons. The molecule has 2 aromatic carbocycles. The van der Waals surface area contributed by atoms with Crippen molar-refractivity contribution in [1.29, 1.82) is 0 Å². The van der Waals surface area contributed by atoms with E-state index in [1.54, 1.807) is 6.20 Å². The third-order valence-corrected chi connectivity index (χ3v) is 6.32. The fraction of sp³-hybridized carbons (Fsp3) is 0.320. The molecule has 2 aromatic heterocycles. The molecule has 4 aromatic rings. The van der Waals surface area contributed by atoms with Crippen LogP contribution in [0.5, 0.6) is 0 Å². The van der Waals surface area contributed by atoms with Crippen molar-refractivity contribution in [3.8, 4) is 0 Å². The average Bonchev–Trinajstić information content (AvgIpc) is 3.41. The summed E-state index contributed by atoms with van der Waals surface area (Å²) in [6.45, 7) is 4.23. The van der Waals surface area contributed by atoms with Gasteiger partial charge in [0.25, 0.3) is 5.56 Å². The van der Waals surface area contributed by atoms with Crippen LogP contribution in [0.4, 0.5) is 0 Å². The lowest BCUT2D eigenvalue weighted by atomic mass is 9.99. The van der Waals surface area contributed by atoms with Crippen LogP contribution in [0, 0.1) is 0 Å². The predicted molar refractivity (Wildman–Crippen MR) is 122 cm³/mol. The van der Waals surface area contributed by atoms with Crippen LogP contribution in [-0.4, -0.2) is 38.2 Å². The molecule has 31 heavy (non-hydrogen) atoms. The molecule has 0 spiro atoms. The van der Waals surface area contributed by atoms with Gasteiger partial charge in [0.15, 0.2) is 0 Å². The number of hydrogen-bond donors (Lipinski definition) is 0. The zero-order valence-corrected chi connectivity index (χ0v) is 17.7. The number of carbonyl (C=O) groups excluding carboxylic acids is 1. The van der Waals surface area contributed by atoms with E-state index in [2.05, 4.69) is 28.7 Å². The summed E-state index contributed by atoms with van der Waals surface area (Å²) in [5, 5.41) is 6.24. The molecule has 3 heterocycles. The van der Waals surface area contributed by atoms with E-state index in [1.807, 2.05) is 47.4 Å². The molecule has 0 N–H and O–H groups in total. The molecule has 0 aliphatic carbocycles. The largest absolute Gasteiger partial charge is 0.340 e.